The lowest BCUT2D eigenvalue weighted by Gasteiger charge is -2.15. The summed E-state index contributed by atoms with van der Waals surface area (Å²) in [5.74, 6) is -0.166. The van der Waals surface area contributed by atoms with Crippen molar-refractivity contribution in [2.45, 2.75) is 0 Å². The number of carbonyl (C=O) groups is 1. The maximum atomic E-state index is 12.7. The fourth-order valence-corrected chi connectivity index (χ4v) is 3.08. The molecule has 0 aromatic heterocycles. The summed E-state index contributed by atoms with van der Waals surface area (Å²) in [5.41, 5.74) is 17.6. The number of fused-ring (bicyclic) bond motifs is 1. The summed E-state index contributed by atoms with van der Waals surface area (Å²) in [6.07, 6.45) is 0. The van der Waals surface area contributed by atoms with Crippen molar-refractivity contribution >= 4 is 39.9 Å². The molecule has 26 heavy (non-hydrogen) atoms. The molecular formula is C21H18N4O. The van der Waals surface area contributed by atoms with Gasteiger partial charge in [0.05, 0.1) is 11.3 Å². The SMILES string of the molecule is Nc1cccc(NC(=C2C(=O)Nc3ccc(N)cc32)c2ccccc2)c1. The van der Waals surface area contributed by atoms with Crippen molar-refractivity contribution < 1.29 is 4.79 Å². The van der Waals surface area contributed by atoms with Gasteiger partial charge < -0.3 is 22.1 Å². The Labute approximate surface area is 151 Å². The second-order valence-corrected chi connectivity index (χ2v) is 6.13. The molecular weight excluding hydrogens is 324 g/mol. The number of benzene rings is 3. The molecule has 1 amide bonds. The van der Waals surface area contributed by atoms with Crippen molar-refractivity contribution in [3.8, 4) is 0 Å². The summed E-state index contributed by atoms with van der Waals surface area (Å²) in [4.78, 5) is 12.7. The van der Waals surface area contributed by atoms with Gasteiger partial charge in [0.25, 0.3) is 5.91 Å². The third-order valence-corrected chi connectivity index (χ3v) is 4.26. The molecule has 0 saturated heterocycles. The lowest BCUT2D eigenvalue weighted by Crippen LogP contribution is -2.10. The molecule has 1 heterocycles. The number of hydrogen-bond acceptors (Lipinski definition) is 4. The van der Waals surface area contributed by atoms with E-state index in [1.165, 1.54) is 0 Å². The average molecular weight is 342 g/mol. The van der Waals surface area contributed by atoms with Gasteiger partial charge in [0.15, 0.2) is 0 Å². The Hall–Kier alpha value is -3.73. The molecule has 0 aliphatic carbocycles. The predicted octanol–water partition coefficient (Wildman–Crippen LogP) is 3.78. The van der Waals surface area contributed by atoms with Crippen LogP contribution in [0.15, 0.2) is 72.8 Å². The monoisotopic (exact) mass is 342 g/mol. The highest BCUT2D eigenvalue weighted by molar-refractivity contribution is 6.37. The highest BCUT2D eigenvalue weighted by Crippen LogP contribution is 2.38. The zero-order valence-corrected chi connectivity index (χ0v) is 14.0. The molecule has 4 rings (SSSR count). The fraction of sp³-hybridized carbons (Fsp3) is 0. The summed E-state index contributed by atoms with van der Waals surface area (Å²) < 4.78 is 0. The molecule has 0 fully saturated rings. The quantitative estimate of drug-likeness (QED) is 0.430. The normalized spacial score (nSPS) is 14.5. The van der Waals surface area contributed by atoms with Crippen molar-refractivity contribution in [1.82, 2.24) is 0 Å². The van der Waals surface area contributed by atoms with Gasteiger partial charge in [-0.1, -0.05) is 36.4 Å². The highest BCUT2D eigenvalue weighted by atomic mass is 16.2. The number of hydrogen-bond donors (Lipinski definition) is 4. The zero-order chi connectivity index (χ0) is 18.1. The van der Waals surface area contributed by atoms with Gasteiger partial charge in [-0.3, -0.25) is 4.79 Å². The molecule has 0 radical (unpaired) electrons. The predicted molar refractivity (Wildman–Crippen MR) is 107 cm³/mol. The summed E-state index contributed by atoms with van der Waals surface area (Å²) in [5, 5.41) is 6.27. The van der Waals surface area contributed by atoms with Gasteiger partial charge in [0, 0.05) is 28.3 Å². The van der Waals surface area contributed by atoms with Crippen LogP contribution in [0.1, 0.15) is 11.1 Å². The summed E-state index contributed by atoms with van der Waals surface area (Å²) in [6.45, 7) is 0. The van der Waals surface area contributed by atoms with Gasteiger partial charge in [-0.2, -0.15) is 0 Å². The Morgan fingerprint density at radius 1 is 0.846 bits per heavy atom. The molecule has 3 aromatic carbocycles. The molecule has 0 atom stereocenters. The van der Waals surface area contributed by atoms with E-state index in [0.717, 1.165) is 22.5 Å². The number of amides is 1. The van der Waals surface area contributed by atoms with E-state index < -0.39 is 0 Å². The lowest BCUT2D eigenvalue weighted by molar-refractivity contribution is -0.110. The average Bonchev–Trinajstić information content (AvgIpc) is 2.95. The third kappa shape index (κ3) is 2.86. The van der Waals surface area contributed by atoms with Gasteiger partial charge in [-0.15, -0.1) is 0 Å². The van der Waals surface area contributed by atoms with E-state index in [4.69, 9.17) is 11.5 Å². The van der Waals surface area contributed by atoms with Crippen molar-refractivity contribution in [3.63, 3.8) is 0 Å². The zero-order valence-electron chi connectivity index (χ0n) is 14.0. The molecule has 1 aliphatic rings. The Morgan fingerprint density at radius 2 is 1.62 bits per heavy atom. The number of nitrogen functional groups attached to an aromatic ring is 2. The molecule has 3 aromatic rings. The van der Waals surface area contributed by atoms with Crippen LogP contribution in [-0.2, 0) is 4.79 Å². The van der Waals surface area contributed by atoms with Crippen molar-refractivity contribution in [3.05, 3.63) is 83.9 Å². The van der Waals surface area contributed by atoms with Crippen molar-refractivity contribution in [2.24, 2.45) is 0 Å². The Morgan fingerprint density at radius 3 is 2.38 bits per heavy atom. The first-order valence-corrected chi connectivity index (χ1v) is 8.25. The first kappa shape index (κ1) is 15.8. The Balaban J connectivity index is 1.92. The third-order valence-electron chi connectivity index (χ3n) is 4.26. The summed E-state index contributed by atoms with van der Waals surface area (Å²) in [7, 11) is 0. The molecule has 0 spiro atoms. The number of nitrogens with two attached hydrogens (primary N) is 2. The largest absolute Gasteiger partial charge is 0.399 e. The maximum absolute atomic E-state index is 12.7. The molecule has 0 bridgehead atoms. The molecule has 6 N–H and O–H groups in total. The van der Waals surface area contributed by atoms with Crippen LogP contribution < -0.4 is 22.1 Å². The molecule has 0 saturated carbocycles. The van der Waals surface area contributed by atoms with Gasteiger partial charge in [-0.05, 0) is 42.0 Å². The molecule has 5 heteroatoms. The second-order valence-electron chi connectivity index (χ2n) is 6.13. The lowest BCUT2D eigenvalue weighted by atomic mass is 9.99. The van der Waals surface area contributed by atoms with Crippen LogP contribution in [0, 0.1) is 0 Å². The minimum atomic E-state index is -0.166. The van der Waals surface area contributed by atoms with Gasteiger partial charge >= 0.3 is 0 Å². The maximum Gasteiger partial charge on any atom is 0.258 e. The van der Waals surface area contributed by atoms with Crippen LogP contribution in [0.2, 0.25) is 0 Å². The van der Waals surface area contributed by atoms with Gasteiger partial charge in [0.2, 0.25) is 0 Å². The smallest absolute Gasteiger partial charge is 0.258 e. The van der Waals surface area contributed by atoms with Crippen LogP contribution in [0.25, 0.3) is 11.3 Å². The number of carbonyl (C=O) groups excluding carboxylic acids is 1. The summed E-state index contributed by atoms with van der Waals surface area (Å²) >= 11 is 0. The van der Waals surface area contributed by atoms with E-state index >= 15 is 0 Å². The van der Waals surface area contributed by atoms with E-state index in [0.29, 0.717) is 22.6 Å². The Kier molecular flexibility index (Phi) is 3.82. The van der Waals surface area contributed by atoms with E-state index in [9.17, 15) is 4.79 Å². The van der Waals surface area contributed by atoms with E-state index in [1.807, 2.05) is 66.7 Å². The first-order valence-electron chi connectivity index (χ1n) is 8.25. The van der Waals surface area contributed by atoms with Crippen LogP contribution in [0.5, 0.6) is 0 Å². The number of rotatable bonds is 3. The second kappa shape index (κ2) is 6.29. The molecule has 1 aliphatic heterocycles. The molecule has 5 nitrogen and oxygen atoms in total. The Bertz CT molecular complexity index is 1030. The van der Waals surface area contributed by atoms with E-state index in [1.54, 1.807) is 6.07 Å². The van der Waals surface area contributed by atoms with Crippen molar-refractivity contribution in [2.75, 3.05) is 22.1 Å². The van der Waals surface area contributed by atoms with E-state index in [-0.39, 0.29) is 5.91 Å². The number of anilines is 4. The highest BCUT2D eigenvalue weighted by Gasteiger charge is 2.28. The first-order chi connectivity index (χ1) is 12.6. The van der Waals surface area contributed by atoms with Crippen LogP contribution in [0.3, 0.4) is 0 Å². The minimum absolute atomic E-state index is 0.166. The number of nitrogens with one attached hydrogen (secondary N) is 2. The minimum Gasteiger partial charge on any atom is -0.399 e. The molecule has 0 unspecified atom stereocenters. The van der Waals surface area contributed by atoms with Crippen LogP contribution in [0.4, 0.5) is 22.7 Å². The topological polar surface area (TPSA) is 93.2 Å². The standard InChI is InChI=1S/C21H18N4O/c22-14-7-4-8-16(11-14)24-20(13-5-2-1-3-6-13)19-17-12-15(23)9-10-18(17)25-21(19)26/h1-12,24H,22-23H2,(H,25,26). The van der Waals surface area contributed by atoms with Crippen LogP contribution >= 0.6 is 0 Å². The van der Waals surface area contributed by atoms with Crippen LogP contribution in [-0.4, -0.2) is 5.91 Å². The summed E-state index contributed by atoms with van der Waals surface area (Å²) in [6, 6.07) is 22.5. The van der Waals surface area contributed by atoms with Gasteiger partial charge in [0.1, 0.15) is 0 Å². The van der Waals surface area contributed by atoms with E-state index in [2.05, 4.69) is 10.6 Å². The fourth-order valence-electron chi connectivity index (χ4n) is 3.08. The van der Waals surface area contributed by atoms with Crippen molar-refractivity contribution in [1.29, 1.82) is 0 Å². The van der Waals surface area contributed by atoms with Gasteiger partial charge in [-0.25, -0.2) is 0 Å². The molecule has 128 valence electrons.